The van der Waals surface area contributed by atoms with Crippen molar-refractivity contribution in [3.63, 3.8) is 0 Å². The molecule has 0 spiro atoms. The number of carbonyl (C=O) groups excluding carboxylic acids is 1. The number of carbonyl (C=O) groups is 2. The number of amides is 2. The number of aliphatic hydroxyl groups is 1. The predicted molar refractivity (Wildman–Crippen MR) is 70.9 cm³/mol. The standard InChI is InChI=1S/C13H24N2O4/c1-4-6-13(11(17)18)7-5-8-15(13)12(19)14(3)10(2)9-16/h10,16H,4-9H2,1-3H3,(H,17,18). The lowest BCUT2D eigenvalue weighted by Crippen LogP contribution is -2.57. The molecule has 0 saturated carbocycles. The maximum absolute atomic E-state index is 12.4. The second-order valence-corrected chi connectivity index (χ2v) is 5.27. The zero-order valence-electron chi connectivity index (χ0n) is 11.9. The smallest absolute Gasteiger partial charge is 0.329 e. The zero-order valence-corrected chi connectivity index (χ0v) is 11.9. The number of likely N-dealkylation sites (N-methyl/N-ethyl adjacent to an activating group) is 1. The molecule has 1 aliphatic rings. The molecule has 1 heterocycles. The van der Waals surface area contributed by atoms with Crippen LogP contribution < -0.4 is 0 Å². The number of aliphatic hydroxyl groups excluding tert-OH is 1. The van der Waals surface area contributed by atoms with Gasteiger partial charge in [-0.1, -0.05) is 13.3 Å². The number of nitrogens with zero attached hydrogens (tertiary/aromatic N) is 2. The van der Waals surface area contributed by atoms with Gasteiger partial charge in [0, 0.05) is 13.6 Å². The average molecular weight is 272 g/mol. The molecular formula is C13H24N2O4. The Balaban J connectivity index is 2.96. The Morgan fingerprint density at radius 3 is 2.58 bits per heavy atom. The molecule has 0 aromatic rings. The molecule has 0 bridgehead atoms. The Hall–Kier alpha value is -1.30. The molecule has 19 heavy (non-hydrogen) atoms. The van der Waals surface area contributed by atoms with Crippen LogP contribution in [-0.2, 0) is 4.79 Å². The van der Waals surface area contributed by atoms with E-state index in [-0.39, 0.29) is 18.7 Å². The van der Waals surface area contributed by atoms with E-state index in [0.717, 1.165) is 6.42 Å². The number of rotatable bonds is 5. The molecule has 0 aromatic carbocycles. The minimum atomic E-state index is -1.07. The second kappa shape index (κ2) is 6.23. The Morgan fingerprint density at radius 2 is 2.11 bits per heavy atom. The fraction of sp³-hybridized carbons (Fsp3) is 0.846. The van der Waals surface area contributed by atoms with E-state index < -0.39 is 11.5 Å². The number of hydrogen-bond acceptors (Lipinski definition) is 3. The predicted octanol–water partition coefficient (Wildman–Crippen LogP) is 1.14. The summed E-state index contributed by atoms with van der Waals surface area (Å²) in [5, 5.41) is 18.6. The van der Waals surface area contributed by atoms with Gasteiger partial charge in [-0.15, -0.1) is 0 Å². The van der Waals surface area contributed by atoms with E-state index >= 15 is 0 Å². The first-order valence-corrected chi connectivity index (χ1v) is 6.79. The van der Waals surface area contributed by atoms with Gasteiger partial charge in [0.15, 0.2) is 0 Å². The van der Waals surface area contributed by atoms with Crippen LogP contribution in [0.1, 0.15) is 39.5 Å². The number of likely N-dealkylation sites (tertiary alicyclic amines) is 1. The van der Waals surface area contributed by atoms with Crippen molar-refractivity contribution < 1.29 is 19.8 Å². The van der Waals surface area contributed by atoms with Crippen LogP contribution in [0, 0.1) is 0 Å². The van der Waals surface area contributed by atoms with Crippen LogP contribution in [0.4, 0.5) is 4.79 Å². The first kappa shape index (κ1) is 15.8. The quantitative estimate of drug-likeness (QED) is 0.786. The van der Waals surface area contributed by atoms with Crippen LogP contribution in [0.2, 0.25) is 0 Å². The Morgan fingerprint density at radius 1 is 1.47 bits per heavy atom. The molecule has 2 amide bonds. The van der Waals surface area contributed by atoms with Gasteiger partial charge in [-0.25, -0.2) is 9.59 Å². The number of hydrogen-bond donors (Lipinski definition) is 2. The van der Waals surface area contributed by atoms with E-state index in [4.69, 9.17) is 5.11 Å². The highest BCUT2D eigenvalue weighted by molar-refractivity contribution is 5.87. The number of aliphatic carboxylic acids is 1. The van der Waals surface area contributed by atoms with Gasteiger partial charge in [0.1, 0.15) is 5.54 Å². The highest BCUT2D eigenvalue weighted by atomic mass is 16.4. The van der Waals surface area contributed by atoms with E-state index in [1.54, 1.807) is 14.0 Å². The van der Waals surface area contributed by atoms with Gasteiger partial charge in [0.2, 0.25) is 0 Å². The van der Waals surface area contributed by atoms with Crippen LogP contribution in [0.25, 0.3) is 0 Å². The molecule has 110 valence electrons. The van der Waals surface area contributed by atoms with Crippen LogP contribution in [0.15, 0.2) is 0 Å². The summed E-state index contributed by atoms with van der Waals surface area (Å²) in [5.74, 6) is -0.926. The molecule has 1 saturated heterocycles. The summed E-state index contributed by atoms with van der Waals surface area (Å²) in [7, 11) is 1.60. The number of carboxylic acid groups (broad SMARTS) is 1. The molecule has 2 N–H and O–H groups in total. The van der Waals surface area contributed by atoms with Crippen LogP contribution in [0.5, 0.6) is 0 Å². The minimum Gasteiger partial charge on any atom is -0.479 e. The highest BCUT2D eigenvalue weighted by Gasteiger charge is 2.50. The maximum Gasteiger partial charge on any atom is 0.329 e. The van der Waals surface area contributed by atoms with Crippen molar-refractivity contribution in [1.82, 2.24) is 9.80 Å². The third-order valence-electron chi connectivity index (χ3n) is 4.01. The molecule has 0 aliphatic carbocycles. The lowest BCUT2D eigenvalue weighted by Gasteiger charge is -2.38. The van der Waals surface area contributed by atoms with Crippen molar-refractivity contribution in [1.29, 1.82) is 0 Å². The molecule has 0 radical (unpaired) electrons. The van der Waals surface area contributed by atoms with Crippen molar-refractivity contribution in [2.24, 2.45) is 0 Å². The van der Waals surface area contributed by atoms with Gasteiger partial charge >= 0.3 is 12.0 Å². The monoisotopic (exact) mass is 272 g/mol. The van der Waals surface area contributed by atoms with Crippen LogP contribution in [-0.4, -0.2) is 63.8 Å². The van der Waals surface area contributed by atoms with Crippen molar-refractivity contribution in [2.75, 3.05) is 20.2 Å². The first-order valence-electron chi connectivity index (χ1n) is 6.79. The van der Waals surface area contributed by atoms with Gasteiger partial charge in [0.25, 0.3) is 0 Å². The van der Waals surface area contributed by atoms with Crippen LogP contribution >= 0.6 is 0 Å². The Labute approximate surface area is 114 Å². The number of urea groups is 1. The highest BCUT2D eigenvalue weighted by Crippen LogP contribution is 2.34. The fourth-order valence-electron chi connectivity index (χ4n) is 2.66. The molecule has 1 aliphatic heterocycles. The first-order chi connectivity index (χ1) is 8.90. The molecule has 2 atom stereocenters. The summed E-state index contributed by atoms with van der Waals surface area (Å²) in [6, 6.07) is -0.629. The summed E-state index contributed by atoms with van der Waals surface area (Å²) in [5.41, 5.74) is -1.07. The van der Waals surface area contributed by atoms with Gasteiger partial charge in [-0.05, 0) is 26.2 Å². The summed E-state index contributed by atoms with van der Waals surface area (Å²) in [4.78, 5) is 26.9. The third-order valence-corrected chi connectivity index (χ3v) is 4.01. The van der Waals surface area contributed by atoms with Gasteiger partial charge < -0.3 is 20.0 Å². The number of carboxylic acids is 1. The topological polar surface area (TPSA) is 81.1 Å². The molecular weight excluding hydrogens is 248 g/mol. The van der Waals surface area contributed by atoms with Crippen LogP contribution in [0.3, 0.4) is 0 Å². The third kappa shape index (κ3) is 2.83. The summed E-state index contributed by atoms with van der Waals surface area (Å²) in [6.45, 7) is 3.99. The largest absolute Gasteiger partial charge is 0.479 e. The van der Waals surface area contributed by atoms with E-state index in [2.05, 4.69) is 0 Å². The molecule has 1 fully saturated rings. The SMILES string of the molecule is CCCC1(C(=O)O)CCCN1C(=O)N(C)C(C)CO. The van der Waals surface area contributed by atoms with E-state index in [1.807, 2.05) is 6.92 Å². The van der Waals surface area contributed by atoms with Crippen molar-refractivity contribution in [3.05, 3.63) is 0 Å². The maximum atomic E-state index is 12.4. The molecule has 6 nitrogen and oxygen atoms in total. The zero-order chi connectivity index (χ0) is 14.6. The summed E-state index contributed by atoms with van der Waals surface area (Å²) < 4.78 is 0. The van der Waals surface area contributed by atoms with Crippen molar-refractivity contribution in [2.45, 2.75) is 51.1 Å². The second-order valence-electron chi connectivity index (χ2n) is 5.27. The molecule has 1 rings (SSSR count). The Kier molecular flexibility index (Phi) is 5.17. The van der Waals surface area contributed by atoms with Gasteiger partial charge in [-0.2, -0.15) is 0 Å². The lowest BCUT2D eigenvalue weighted by molar-refractivity contribution is -0.148. The fourth-order valence-corrected chi connectivity index (χ4v) is 2.66. The molecule has 0 aromatic heterocycles. The van der Waals surface area contributed by atoms with Crippen molar-refractivity contribution in [3.8, 4) is 0 Å². The van der Waals surface area contributed by atoms with E-state index in [0.29, 0.717) is 25.8 Å². The summed E-state index contributed by atoms with van der Waals surface area (Å²) in [6.07, 6.45) is 2.40. The summed E-state index contributed by atoms with van der Waals surface area (Å²) >= 11 is 0. The molecule has 2 unspecified atom stereocenters. The Bertz CT molecular complexity index is 348. The van der Waals surface area contributed by atoms with E-state index in [1.165, 1.54) is 9.80 Å². The van der Waals surface area contributed by atoms with Crippen molar-refractivity contribution >= 4 is 12.0 Å². The lowest BCUT2D eigenvalue weighted by atomic mass is 9.91. The van der Waals surface area contributed by atoms with Gasteiger partial charge in [-0.3, -0.25) is 0 Å². The van der Waals surface area contributed by atoms with E-state index in [9.17, 15) is 14.7 Å². The van der Waals surface area contributed by atoms with Gasteiger partial charge in [0.05, 0.1) is 12.6 Å². The minimum absolute atomic E-state index is 0.135. The molecule has 6 heteroatoms. The normalized spacial score (nSPS) is 24.3. The average Bonchev–Trinajstić information content (AvgIpc) is 2.81.